The second kappa shape index (κ2) is 6.62. The molecule has 0 fully saturated rings. The van der Waals surface area contributed by atoms with Gasteiger partial charge in [-0.2, -0.15) is 4.79 Å². The van der Waals surface area contributed by atoms with Gasteiger partial charge in [0.1, 0.15) is 5.56 Å². The highest BCUT2D eigenvalue weighted by Gasteiger charge is 2.29. The largest absolute Gasteiger partial charge is 0.364 e. The summed E-state index contributed by atoms with van der Waals surface area (Å²) in [5.74, 6) is -1.41. The summed E-state index contributed by atoms with van der Waals surface area (Å²) in [4.78, 5) is 36.3. The highest BCUT2D eigenvalue weighted by atomic mass is 16.6. The fourth-order valence-electron chi connectivity index (χ4n) is 3.45. The van der Waals surface area contributed by atoms with Gasteiger partial charge < -0.3 is 5.73 Å². The van der Waals surface area contributed by atoms with E-state index in [9.17, 15) is 19.7 Å². The molecule has 0 atom stereocenters. The molecular weight excluding hydrogens is 362 g/mol. The van der Waals surface area contributed by atoms with E-state index in [2.05, 4.69) is 10.5 Å². The molecule has 2 aromatic carbocycles. The molecule has 1 aromatic heterocycles. The van der Waals surface area contributed by atoms with Gasteiger partial charge in [-0.3, -0.25) is 19.7 Å². The van der Waals surface area contributed by atoms with Crippen molar-refractivity contribution in [2.45, 2.75) is 12.8 Å². The number of nitrogens with one attached hydrogen (secondary N) is 1. The lowest BCUT2D eigenvalue weighted by atomic mass is 9.89. The van der Waals surface area contributed by atoms with Gasteiger partial charge in [0.15, 0.2) is 5.69 Å². The maximum atomic E-state index is 12.7. The number of fused-ring (bicyclic) bond motifs is 3. The van der Waals surface area contributed by atoms with Crippen molar-refractivity contribution in [3.8, 4) is 11.3 Å². The van der Waals surface area contributed by atoms with Crippen molar-refractivity contribution in [2.75, 3.05) is 5.43 Å². The molecule has 140 valence electrons. The van der Waals surface area contributed by atoms with Crippen LogP contribution in [0.5, 0.6) is 0 Å². The number of aromatic nitrogens is 2. The topological polar surface area (TPSA) is 133 Å². The van der Waals surface area contributed by atoms with E-state index in [0.29, 0.717) is 24.1 Å². The van der Waals surface area contributed by atoms with Crippen molar-refractivity contribution in [3.63, 3.8) is 0 Å². The number of rotatable bonds is 4. The quantitative estimate of drug-likeness (QED) is 0.530. The molecule has 2 amide bonds. The average molecular weight is 377 g/mol. The molecule has 4 rings (SSSR count). The van der Waals surface area contributed by atoms with E-state index >= 15 is 0 Å². The van der Waals surface area contributed by atoms with E-state index in [0.717, 1.165) is 11.1 Å². The van der Waals surface area contributed by atoms with Crippen LogP contribution in [0.25, 0.3) is 11.3 Å². The zero-order valence-electron chi connectivity index (χ0n) is 14.6. The Labute approximate surface area is 158 Å². The first-order valence-corrected chi connectivity index (χ1v) is 8.52. The van der Waals surface area contributed by atoms with Crippen LogP contribution in [-0.4, -0.2) is 26.6 Å². The number of nitro groups is 1. The second-order valence-corrected chi connectivity index (χ2v) is 6.32. The van der Waals surface area contributed by atoms with E-state index in [4.69, 9.17) is 5.73 Å². The molecule has 9 heteroatoms. The number of benzene rings is 2. The molecule has 0 aliphatic heterocycles. The Morgan fingerprint density at radius 2 is 1.82 bits per heavy atom. The molecule has 0 unspecified atom stereocenters. The molecule has 28 heavy (non-hydrogen) atoms. The van der Waals surface area contributed by atoms with E-state index in [-0.39, 0.29) is 16.9 Å². The number of nitrogens with zero attached hydrogens (tertiary/aromatic N) is 3. The van der Waals surface area contributed by atoms with Crippen LogP contribution in [0.4, 0.5) is 5.69 Å². The van der Waals surface area contributed by atoms with Crippen molar-refractivity contribution in [3.05, 3.63) is 81.0 Å². The summed E-state index contributed by atoms with van der Waals surface area (Å²) < 4.78 is 0. The van der Waals surface area contributed by atoms with Crippen LogP contribution in [-0.2, 0) is 12.8 Å². The monoisotopic (exact) mass is 377 g/mol. The number of hydrogen-bond acceptors (Lipinski definition) is 5. The molecule has 1 aliphatic carbocycles. The van der Waals surface area contributed by atoms with Gasteiger partial charge in [0.25, 0.3) is 17.5 Å². The van der Waals surface area contributed by atoms with E-state index in [1.54, 1.807) is 0 Å². The molecule has 1 heterocycles. The van der Waals surface area contributed by atoms with Gasteiger partial charge in [0.05, 0.1) is 10.6 Å². The lowest BCUT2D eigenvalue weighted by molar-refractivity contribution is -0.385. The number of para-hydroxylation sites is 1. The number of carbonyl (C=O) groups is 2. The van der Waals surface area contributed by atoms with Crippen LogP contribution in [0.15, 0.2) is 48.5 Å². The molecule has 0 saturated heterocycles. The summed E-state index contributed by atoms with van der Waals surface area (Å²) in [6.45, 7) is 0. The van der Waals surface area contributed by atoms with Gasteiger partial charge in [0, 0.05) is 17.2 Å². The van der Waals surface area contributed by atoms with Gasteiger partial charge in [-0.15, -0.1) is 5.10 Å². The predicted molar refractivity (Wildman–Crippen MR) is 100 cm³/mol. The highest BCUT2D eigenvalue weighted by Crippen LogP contribution is 2.34. The number of primary amides is 1. The normalized spacial score (nSPS) is 12.0. The molecular formula is C19H15N5O4. The summed E-state index contributed by atoms with van der Waals surface area (Å²) in [6, 6.07) is 13.2. The third kappa shape index (κ3) is 2.78. The third-order valence-corrected chi connectivity index (χ3v) is 4.69. The van der Waals surface area contributed by atoms with Gasteiger partial charge in [-0.05, 0) is 24.5 Å². The number of carbonyl (C=O) groups excluding carboxylic acids is 2. The standard InChI is InChI=1S/C19H15N5O4/c20-18(25)16-14-10-9-11-5-1-2-6-12(11)17(14)23(21-16)22-19(26)13-7-3-4-8-15(13)24(27)28/h1-8H,9-10H2,(H2,20,25)(H,22,26). The first kappa shape index (κ1) is 17.4. The van der Waals surface area contributed by atoms with E-state index < -0.39 is 16.7 Å². The molecule has 1 aliphatic rings. The van der Waals surface area contributed by atoms with E-state index in [1.165, 1.54) is 29.1 Å². The molecule has 0 bridgehead atoms. The smallest absolute Gasteiger partial charge is 0.282 e. The minimum Gasteiger partial charge on any atom is -0.364 e. The molecule has 3 N–H and O–H groups in total. The van der Waals surface area contributed by atoms with Gasteiger partial charge >= 0.3 is 0 Å². The lowest BCUT2D eigenvalue weighted by Gasteiger charge is -2.18. The highest BCUT2D eigenvalue weighted by molar-refractivity contribution is 6.04. The number of hydrogen-bond donors (Lipinski definition) is 2. The first-order valence-electron chi connectivity index (χ1n) is 8.52. The summed E-state index contributed by atoms with van der Waals surface area (Å²) >= 11 is 0. The van der Waals surface area contributed by atoms with Gasteiger partial charge in [-0.25, -0.2) is 5.43 Å². The Kier molecular flexibility index (Phi) is 4.11. The molecule has 0 saturated carbocycles. The van der Waals surface area contributed by atoms with Crippen molar-refractivity contribution >= 4 is 17.5 Å². The minimum absolute atomic E-state index is 0.0763. The molecule has 0 spiro atoms. The summed E-state index contributed by atoms with van der Waals surface area (Å²) in [7, 11) is 0. The lowest BCUT2D eigenvalue weighted by Crippen LogP contribution is -2.26. The van der Waals surface area contributed by atoms with Crippen LogP contribution in [0.2, 0.25) is 0 Å². The fourth-order valence-corrected chi connectivity index (χ4v) is 3.45. The van der Waals surface area contributed by atoms with Crippen LogP contribution >= 0.6 is 0 Å². The Hall–Kier alpha value is -4.01. The summed E-state index contributed by atoms with van der Waals surface area (Å²) in [5, 5.41) is 15.4. The first-order chi connectivity index (χ1) is 13.5. The molecule has 0 radical (unpaired) electrons. The average Bonchev–Trinajstić information content (AvgIpc) is 3.07. The van der Waals surface area contributed by atoms with Crippen LogP contribution in [0.3, 0.4) is 0 Å². The Bertz CT molecular complexity index is 1140. The molecule has 3 aromatic rings. The van der Waals surface area contributed by atoms with Crippen LogP contribution in [0, 0.1) is 10.1 Å². The Balaban J connectivity index is 1.81. The van der Waals surface area contributed by atoms with E-state index in [1.807, 2.05) is 24.3 Å². The predicted octanol–water partition coefficient (Wildman–Crippen LogP) is 2.04. The Morgan fingerprint density at radius 3 is 2.57 bits per heavy atom. The number of nitro benzene ring substituents is 1. The number of aryl methyl sites for hydroxylation is 1. The van der Waals surface area contributed by atoms with Crippen molar-refractivity contribution in [2.24, 2.45) is 5.73 Å². The SMILES string of the molecule is NC(=O)c1nn(NC(=O)c2ccccc2[N+](=O)[O-])c2c1CCc1ccccc1-2. The fraction of sp³-hybridized carbons (Fsp3) is 0.105. The summed E-state index contributed by atoms with van der Waals surface area (Å²) in [6.07, 6.45) is 1.26. The maximum Gasteiger partial charge on any atom is 0.282 e. The van der Waals surface area contributed by atoms with Crippen molar-refractivity contribution in [1.82, 2.24) is 9.89 Å². The van der Waals surface area contributed by atoms with Crippen molar-refractivity contribution < 1.29 is 14.5 Å². The zero-order chi connectivity index (χ0) is 19.8. The molecule has 9 nitrogen and oxygen atoms in total. The van der Waals surface area contributed by atoms with Gasteiger partial charge in [-0.1, -0.05) is 36.4 Å². The Morgan fingerprint density at radius 1 is 1.11 bits per heavy atom. The second-order valence-electron chi connectivity index (χ2n) is 6.32. The maximum absolute atomic E-state index is 12.7. The summed E-state index contributed by atoms with van der Waals surface area (Å²) in [5.41, 5.74) is 10.7. The van der Waals surface area contributed by atoms with Crippen LogP contribution < -0.4 is 11.2 Å². The minimum atomic E-state index is -0.711. The third-order valence-electron chi connectivity index (χ3n) is 4.69. The van der Waals surface area contributed by atoms with Crippen molar-refractivity contribution in [1.29, 1.82) is 0 Å². The van der Waals surface area contributed by atoms with Gasteiger partial charge in [0.2, 0.25) is 0 Å². The van der Waals surface area contributed by atoms with Crippen LogP contribution in [0.1, 0.15) is 32.0 Å². The number of amides is 2. The number of nitrogens with two attached hydrogens (primary N) is 1. The zero-order valence-corrected chi connectivity index (χ0v) is 14.6.